The number of nitrogens with zero attached hydrogens (tertiary/aromatic N) is 1. The van der Waals surface area contributed by atoms with E-state index < -0.39 is 0 Å². The number of hydrogen-bond acceptors (Lipinski definition) is 3. The van der Waals surface area contributed by atoms with Crippen LogP contribution in [0.5, 0.6) is 0 Å². The van der Waals surface area contributed by atoms with Gasteiger partial charge in [-0.25, -0.2) is 0 Å². The molecule has 0 aromatic rings. The van der Waals surface area contributed by atoms with Gasteiger partial charge in [-0.3, -0.25) is 4.99 Å². The number of hydrogen-bond donors (Lipinski definition) is 2. The number of methoxy groups -OCH3 is 1. The minimum atomic E-state index is 0.654. The van der Waals surface area contributed by atoms with E-state index in [1.54, 1.807) is 14.2 Å². The number of aliphatic imine (C=N–C) groups is 1. The van der Waals surface area contributed by atoms with Gasteiger partial charge >= 0.3 is 0 Å². The normalized spacial score (nSPS) is 13.0. The first-order valence-corrected chi connectivity index (χ1v) is 7.73. The van der Waals surface area contributed by atoms with Crippen molar-refractivity contribution in [3.05, 3.63) is 35.8 Å². The van der Waals surface area contributed by atoms with Gasteiger partial charge in [0.15, 0.2) is 0 Å². The van der Waals surface area contributed by atoms with E-state index >= 15 is 0 Å². The van der Waals surface area contributed by atoms with Gasteiger partial charge in [-0.2, -0.15) is 0 Å². The van der Waals surface area contributed by atoms with Crippen LogP contribution in [0.4, 0.5) is 0 Å². The molecule has 4 nitrogen and oxygen atoms in total. The van der Waals surface area contributed by atoms with E-state index in [2.05, 4.69) is 17.2 Å². The summed E-state index contributed by atoms with van der Waals surface area (Å²) in [5, 5.41) is 3.28. The average Bonchev–Trinajstić information content (AvgIpc) is 2.54. The van der Waals surface area contributed by atoms with Crippen molar-refractivity contribution < 1.29 is 4.74 Å². The van der Waals surface area contributed by atoms with Crippen molar-refractivity contribution in [1.29, 1.82) is 0 Å². The number of unbranched alkanes of at least 4 members (excludes halogenated alkanes) is 1. The molecule has 0 aromatic heterocycles. The van der Waals surface area contributed by atoms with E-state index in [4.69, 9.17) is 10.5 Å². The van der Waals surface area contributed by atoms with Crippen LogP contribution in [-0.4, -0.2) is 26.5 Å². The summed E-state index contributed by atoms with van der Waals surface area (Å²) in [5.41, 5.74) is 6.44. The highest BCUT2D eigenvalue weighted by Gasteiger charge is 1.97. The molecule has 4 heteroatoms. The molecule has 0 atom stereocenters. The molecule has 0 rings (SSSR count). The Morgan fingerprint density at radius 2 is 2.00 bits per heavy atom. The zero-order valence-corrected chi connectivity index (χ0v) is 14.6. The Bertz CT molecular complexity index is 355. The predicted molar refractivity (Wildman–Crippen MR) is 94.4 cm³/mol. The molecule has 0 radical (unpaired) electrons. The first-order chi connectivity index (χ1) is 10.2. The SMILES string of the molecule is C/C=C(N)\C(=C/C/C=C/C(=NC)NCCCC)OC.CC. The number of ether oxygens (including phenoxy) is 1. The first-order valence-electron chi connectivity index (χ1n) is 7.73. The fourth-order valence-corrected chi connectivity index (χ4v) is 1.42. The molecule has 0 heterocycles. The van der Waals surface area contributed by atoms with Crippen molar-refractivity contribution in [3.63, 3.8) is 0 Å². The van der Waals surface area contributed by atoms with Gasteiger partial charge in [0.1, 0.15) is 11.6 Å². The molecule has 0 saturated carbocycles. The van der Waals surface area contributed by atoms with Gasteiger partial charge in [-0.1, -0.05) is 39.3 Å². The molecule has 0 aliphatic carbocycles. The lowest BCUT2D eigenvalue weighted by atomic mass is 10.2. The molecule has 0 bridgehead atoms. The molecule has 0 saturated heterocycles. The van der Waals surface area contributed by atoms with Crippen LogP contribution in [0.1, 0.15) is 47.0 Å². The molecule has 0 fully saturated rings. The standard InChI is InChI=1S/C15H27N3O.C2H6/c1-5-7-12-18-15(17-3)11-9-8-10-14(19-4)13(16)6-2;1-2/h6,9-11H,5,7-8,12,16H2,1-4H3,(H,17,18);1-2H3/b11-9+,13-6+,14-10+;. The lowest BCUT2D eigenvalue weighted by molar-refractivity contribution is 0.298. The van der Waals surface area contributed by atoms with Crippen molar-refractivity contribution in [2.24, 2.45) is 10.7 Å². The maximum Gasteiger partial charge on any atom is 0.137 e. The quantitative estimate of drug-likeness (QED) is 0.236. The van der Waals surface area contributed by atoms with Crippen LogP contribution in [0.15, 0.2) is 40.8 Å². The molecular weight excluding hydrogens is 262 g/mol. The summed E-state index contributed by atoms with van der Waals surface area (Å²) in [6.07, 6.45) is 10.9. The van der Waals surface area contributed by atoms with Crippen LogP contribution in [0.3, 0.4) is 0 Å². The lowest BCUT2D eigenvalue weighted by Gasteiger charge is -2.05. The fourth-order valence-electron chi connectivity index (χ4n) is 1.42. The third-order valence-corrected chi connectivity index (χ3v) is 2.61. The number of allylic oxidation sites excluding steroid dienone is 3. The smallest absolute Gasteiger partial charge is 0.137 e. The molecule has 0 aliphatic rings. The van der Waals surface area contributed by atoms with E-state index in [1.807, 2.05) is 45.1 Å². The summed E-state index contributed by atoms with van der Waals surface area (Å²) in [5.74, 6) is 1.61. The molecular formula is C17H33N3O. The summed E-state index contributed by atoms with van der Waals surface area (Å²) in [4.78, 5) is 4.18. The molecule has 3 N–H and O–H groups in total. The summed E-state index contributed by atoms with van der Waals surface area (Å²) in [6, 6.07) is 0. The molecule has 0 spiro atoms. The molecule has 122 valence electrons. The fraction of sp³-hybridized carbons (Fsp3) is 0.588. The van der Waals surface area contributed by atoms with Crippen molar-refractivity contribution in [2.75, 3.05) is 20.7 Å². The average molecular weight is 295 g/mol. The van der Waals surface area contributed by atoms with Gasteiger partial charge in [-0.05, 0) is 31.9 Å². The highest BCUT2D eigenvalue weighted by atomic mass is 16.5. The Kier molecular flexibility index (Phi) is 16.8. The van der Waals surface area contributed by atoms with Gasteiger partial charge in [0, 0.05) is 13.6 Å². The molecule has 21 heavy (non-hydrogen) atoms. The van der Waals surface area contributed by atoms with Crippen LogP contribution in [0.25, 0.3) is 0 Å². The Morgan fingerprint density at radius 3 is 2.48 bits per heavy atom. The largest absolute Gasteiger partial charge is 0.495 e. The third kappa shape index (κ3) is 11.8. The molecule has 0 unspecified atom stereocenters. The Balaban J connectivity index is 0. The molecule has 0 amide bonds. The number of amidine groups is 1. The topological polar surface area (TPSA) is 59.6 Å². The highest BCUT2D eigenvalue weighted by molar-refractivity contribution is 5.92. The number of nitrogens with two attached hydrogens (primary N) is 1. The minimum Gasteiger partial charge on any atom is -0.495 e. The first kappa shape index (κ1) is 21.6. The Hall–Kier alpha value is -1.71. The highest BCUT2D eigenvalue weighted by Crippen LogP contribution is 2.06. The van der Waals surface area contributed by atoms with Crippen LogP contribution in [0, 0.1) is 0 Å². The van der Waals surface area contributed by atoms with E-state index in [9.17, 15) is 0 Å². The van der Waals surface area contributed by atoms with E-state index in [0.29, 0.717) is 11.5 Å². The Labute approximate surface area is 130 Å². The summed E-state index contributed by atoms with van der Waals surface area (Å²) in [7, 11) is 3.41. The molecule has 0 aromatic carbocycles. The van der Waals surface area contributed by atoms with Gasteiger partial charge < -0.3 is 15.8 Å². The second-order valence-corrected chi connectivity index (χ2v) is 4.04. The van der Waals surface area contributed by atoms with Crippen molar-refractivity contribution >= 4 is 5.84 Å². The van der Waals surface area contributed by atoms with Crippen molar-refractivity contribution in [2.45, 2.75) is 47.0 Å². The summed E-state index contributed by atoms with van der Waals surface area (Å²) < 4.78 is 5.20. The summed E-state index contributed by atoms with van der Waals surface area (Å²) in [6.45, 7) is 9.01. The van der Waals surface area contributed by atoms with E-state index in [0.717, 1.165) is 25.2 Å². The minimum absolute atomic E-state index is 0.654. The van der Waals surface area contributed by atoms with Gasteiger partial charge in [0.05, 0.1) is 12.8 Å². The van der Waals surface area contributed by atoms with Crippen LogP contribution >= 0.6 is 0 Å². The van der Waals surface area contributed by atoms with Gasteiger partial charge in [-0.15, -0.1) is 0 Å². The third-order valence-electron chi connectivity index (χ3n) is 2.61. The second-order valence-electron chi connectivity index (χ2n) is 4.04. The Morgan fingerprint density at radius 1 is 1.33 bits per heavy atom. The van der Waals surface area contributed by atoms with Gasteiger partial charge in [0.2, 0.25) is 0 Å². The van der Waals surface area contributed by atoms with Crippen LogP contribution < -0.4 is 11.1 Å². The zero-order chi connectivity index (χ0) is 16.5. The van der Waals surface area contributed by atoms with E-state index in [1.165, 1.54) is 6.42 Å². The second kappa shape index (κ2) is 16.3. The number of rotatable bonds is 8. The van der Waals surface area contributed by atoms with Crippen LogP contribution in [-0.2, 0) is 4.74 Å². The van der Waals surface area contributed by atoms with Crippen molar-refractivity contribution in [3.8, 4) is 0 Å². The predicted octanol–water partition coefficient (Wildman–Crippen LogP) is 3.77. The zero-order valence-electron chi connectivity index (χ0n) is 14.6. The van der Waals surface area contributed by atoms with Gasteiger partial charge in [0.25, 0.3) is 0 Å². The molecule has 0 aliphatic heterocycles. The maximum absolute atomic E-state index is 5.78. The summed E-state index contributed by atoms with van der Waals surface area (Å²) >= 11 is 0. The maximum atomic E-state index is 5.78. The van der Waals surface area contributed by atoms with Crippen molar-refractivity contribution in [1.82, 2.24) is 5.32 Å². The number of nitrogens with one attached hydrogen (secondary N) is 1. The lowest BCUT2D eigenvalue weighted by Crippen LogP contribution is -2.22. The monoisotopic (exact) mass is 295 g/mol. The van der Waals surface area contributed by atoms with E-state index in [-0.39, 0.29) is 0 Å². The van der Waals surface area contributed by atoms with Crippen LogP contribution in [0.2, 0.25) is 0 Å².